The summed E-state index contributed by atoms with van der Waals surface area (Å²) >= 11 is 3.43. The molecule has 6 heteroatoms. The molecule has 1 fully saturated rings. The van der Waals surface area contributed by atoms with Crippen LogP contribution in [0.5, 0.6) is 0 Å². The van der Waals surface area contributed by atoms with Gasteiger partial charge in [0, 0.05) is 29.7 Å². The van der Waals surface area contributed by atoms with Crippen molar-refractivity contribution in [2.75, 3.05) is 24.6 Å². The first-order chi connectivity index (χ1) is 9.52. The number of aryl methyl sites for hydroxylation is 1. The maximum atomic E-state index is 12.0. The van der Waals surface area contributed by atoms with E-state index in [1.165, 1.54) is 0 Å². The standard InChI is InChI=1S/C14H17BrN2O3/c1-9-6-11(2-3-12(9)15)17-8-10(7-13(17)19)14(20)16-4-5-18/h2-3,6,10,18H,4-5,7-8H2,1H3,(H,16,20). The van der Waals surface area contributed by atoms with Crippen LogP contribution >= 0.6 is 15.9 Å². The first kappa shape index (κ1) is 15.0. The lowest BCUT2D eigenvalue weighted by Gasteiger charge is -2.17. The van der Waals surface area contributed by atoms with Gasteiger partial charge in [-0.3, -0.25) is 9.59 Å². The molecule has 5 nitrogen and oxygen atoms in total. The predicted octanol–water partition coefficient (Wildman–Crippen LogP) is 1.22. The molecule has 1 aromatic rings. The fourth-order valence-electron chi connectivity index (χ4n) is 2.25. The number of nitrogens with one attached hydrogen (secondary N) is 1. The number of amides is 2. The minimum Gasteiger partial charge on any atom is -0.395 e. The molecule has 0 bridgehead atoms. The number of hydrogen-bond acceptors (Lipinski definition) is 3. The quantitative estimate of drug-likeness (QED) is 0.865. The third-order valence-corrected chi connectivity index (χ3v) is 4.25. The van der Waals surface area contributed by atoms with Gasteiger partial charge in [-0.2, -0.15) is 0 Å². The molecule has 2 amide bonds. The van der Waals surface area contributed by atoms with Crippen molar-refractivity contribution in [3.8, 4) is 0 Å². The summed E-state index contributed by atoms with van der Waals surface area (Å²) in [6.45, 7) is 2.47. The van der Waals surface area contributed by atoms with E-state index in [1.54, 1.807) is 4.90 Å². The van der Waals surface area contributed by atoms with E-state index in [9.17, 15) is 9.59 Å². The molecule has 0 spiro atoms. The largest absolute Gasteiger partial charge is 0.395 e. The van der Waals surface area contributed by atoms with Gasteiger partial charge in [0.05, 0.1) is 12.5 Å². The number of halogens is 1. The number of rotatable bonds is 4. The minimum absolute atomic E-state index is 0.0455. The molecule has 0 saturated carbocycles. The van der Waals surface area contributed by atoms with Gasteiger partial charge < -0.3 is 15.3 Å². The summed E-state index contributed by atoms with van der Waals surface area (Å²) in [5.74, 6) is -0.572. The smallest absolute Gasteiger partial charge is 0.227 e. The number of nitrogens with zero attached hydrogens (tertiary/aromatic N) is 1. The highest BCUT2D eigenvalue weighted by Gasteiger charge is 2.34. The van der Waals surface area contributed by atoms with E-state index in [1.807, 2.05) is 25.1 Å². The van der Waals surface area contributed by atoms with E-state index in [0.29, 0.717) is 6.54 Å². The fourth-order valence-corrected chi connectivity index (χ4v) is 2.50. The Kier molecular flexibility index (Phi) is 4.77. The lowest BCUT2D eigenvalue weighted by molar-refractivity contribution is -0.126. The van der Waals surface area contributed by atoms with Crippen molar-refractivity contribution in [2.24, 2.45) is 5.92 Å². The van der Waals surface area contributed by atoms with E-state index in [0.717, 1.165) is 15.7 Å². The Labute approximate surface area is 126 Å². The fraction of sp³-hybridized carbons (Fsp3) is 0.429. The van der Waals surface area contributed by atoms with Gasteiger partial charge in [0.1, 0.15) is 0 Å². The van der Waals surface area contributed by atoms with Crippen molar-refractivity contribution < 1.29 is 14.7 Å². The van der Waals surface area contributed by atoms with Gasteiger partial charge in [-0.05, 0) is 30.7 Å². The van der Waals surface area contributed by atoms with E-state index in [4.69, 9.17) is 5.11 Å². The van der Waals surface area contributed by atoms with Gasteiger partial charge in [-0.1, -0.05) is 15.9 Å². The molecular formula is C14H17BrN2O3. The lowest BCUT2D eigenvalue weighted by Crippen LogP contribution is -2.34. The van der Waals surface area contributed by atoms with Crippen LogP contribution in [0.25, 0.3) is 0 Å². The summed E-state index contributed by atoms with van der Waals surface area (Å²) in [5.41, 5.74) is 1.86. The van der Waals surface area contributed by atoms with Crippen LogP contribution < -0.4 is 10.2 Å². The highest BCUT2D eigenvalue weighted by Crippen LogP contribution is 2.28. The summed E-state index contributed by atoms with van der Waals surface area (Å²) in [4.78, 5) is 25.5. The van der Waals surface area contributed by atoms with Gasteiger partial charge in [-0.15, -0.1) is 0 Å². The SMILES string of the molecule is Cc1cc(N2CC(C(=O)NCCO)CC2=O)ccc1Br. The number of benzene rings is 1. The summed E-state index contributed by atoms with van der Waals surface area (Å²) in [6.07, 6.45) is 0.215. The van der Waals surface area contributed by atoms with Gasteiger partial charge >= 0.3 is 0 Å². The summed E-state index contributed by atoms with van der Waals surface area (Å²) in [6, 6.07) is 5.69. The molecule has 108 valence electrons. The van der Waals surface area contributed by atoms with Crippen molar-refractivity contribution in [3.05, 3.63) is 28.2 Å². The van der Waals surface area contributed by atoms with Gasteiger partial charge in [-0.25, -0.2) is 0 Å². The molecule has 20 heavy (non-hydrogen) atoms. The summed E-state index contributed by atoms with van der Waals surface area (Å²) in [7, 11) is 0. The van der Waals surface area contributed by atoms with Crippen molar-refractivity contribution in [1.82, 2.24) is 5.32 Å². The zero-order valence-electron chi connectivity index (χ0n) is 11.2. The van der Waals surface area contributed by atoms with Crippen LogP contribution in [0.2, 0.25) is 0 Å². The molecular weight excluding hydrogens is 324 g/mol. The molecule has 2 rings (SSSR count). The highest BCUT2D eigenvalue weighted by atomic mass is 79.9. The predicted molar refractivity (Wildman–Crippen MR) is 79.4 cm³/mol. The molecule has 1 aromatic carbocycles. The van der Waals surface area contributed by atoms with E-state index >= 15 is 0 Å². The Bertz CT molecular complexity index is 533. The van der Waals surface area contributed by atoms with E-state index in [-0.39, 0.29) is 37.3 Å². The van der Waals surface area contributed by atoms with Crippen LogP contribution in [-0.4, -0.2) is 36.6 Å². The monoisotopic (exact) mass is 340 g/mol. The van der Waals surface area contributed by atoms with Crippen LogP contribution in [0, 0.1) is 12.8 Å². The van der Waals surface area contributed by atoms with Crippen LogP contribution in [0.1, 0.15) is 12.0 Å². The normalized spacial score (nSPS) is 18.4. The zero-order chi connectivity index (χ0) is 14.7. The summed E-state index contributed by atoms with van der Waals surface area (Å²) in [5, 5.41) is 11.3. The Morgan fingerprint density at radius 1 is 1.55 bits per heavy atom. The third-order valence-electron chi connectivity index (χ3n) is 3.36. The lowest BCUT2D eigenvalue weighted by atomic mass is 10.1. The molecule has 1 aliphatic heterocycles. The number of carbonyl (C=O) groups is 2. The van der Waals surface area contributed by atoms with Crippen LogP contribution in [0.15, 0.2) is 22.7 Å². The molecule has 1 atom stereocenters. The molecule has 0 aliphatic carbocycles. The molecule has 0 radical (unpaired) electrons. The number of carbonyl (C=O) groups excluding carboxylic acids is 2. The maximum Gasteiger partial charge on any atom is 0.227 e. The molecule has 1 aliphatic rings. The topological polar surface area (TPSA) is 69.6 Å². The molecule has 1 saturated heterocycles. The van der Waals surface area contributed by atoms with Crippen molar-refractivity contribution in [2.45, 2.75) is 13.3 Å². The molecule has 0 aromatic heterocycles. The average molecular weight is 341 g/mol. The average Bonchev–Trinajstić information content (AvgIpc) is 2.81. The van der Waals surface area contributed by atoms with E-state index in [2.05, 4.69) is 21.2 Å². The van der Waals surface area contributed by atoms with Crippen LogP contribution in [0.4, 0.5) is 5.69 Å². The first-order valence-electron chi connectivity index (χ1n) is 6.48. The van der Waals surface area contributed by atoms with Crippen molar-refractivity contribution >= 4 is 33.4 Å². The second-order valence-corrected chi connectivity index (χ2v) is 5.71. The number of aliphatic hydroxyl groups excluding tert-OH is 1. The Balaban J connectivity index is 2.09. The van der Waals surface area contributed by atoms with Gasteiger partial charge in [0.25, 0.3) is 0 Å². The van der Waals surface area contributed by atoms with Gasteiger partial charge in [0.15, 0.2) is 0 Å². The van der Waals surface area contributed by atoms with Crippen LogP contribution in [0.3, 0.4) is 0 Å². The minimum atomic E-state index is -0.349. The van der Waals surface area contributed by atoms with Gasteiger partial charge in [0.2, 0.25) is 11.8 Å². The van der Waals surface area contributed by atoms with Crippen molar-refractivity contribution in [3.63, 3.8) is 0 Å². The third kappa shape index (κ3) is 3.19. The molecule has 2 N–H and O–H groups in total. The number of hydrogen-bond donors (Lipinski definition) is 2. The zero-order valence-corrected chi connectivity index (χ0v) is 12.8. The van der Waals surface area contributed by atoms with Crippen molar-refractivity contribution in [1.29, 1.82) is 0 Å². The number of aliphatic hydroxyl groups is 1. The highest BCUT2D eigenvalue weighted by molar-refractivity contribution is 9.10. The maximum absolute atomic E-state index is 12.0. The molecule has 1 unspecified atom stereocenters. The second-order valence-electron chi connectivity index (χ2n) is 4.85. The second kappa shape index (κ2) is 6.37. The Hall–Kier alpha value is -1.40. The Morgan fingerprint density at radius 3 is 2.95 bits per heavy atom. The Morgan fingerprint density at radius 2 is 2.30 bits per heavy atom. The number of anilines is 1. The van der Waals surface area contributed by atoms with Crippen LogP contribution in [-0.2, 0) is 9.59 Å². The summed E-state index contributed by atoms with van der Waals surface area (Å²) < 4.78 is 0.991. The van der Waals surface area contributed by atoms with E-state index < -0.39 is 0 Å². The molecule has 1 heterocycles. The first-order valence-corrected chi connectivity index (χ1v) is 7.27.